The quantitative estimate of drug-likeness (QED) is 0.804. The molecule has 1 aromatic heterocycles. The Labute approximate surface area is 104 Å². The summed E-state index contributed by atoms with van der Waals surface area (Å²) in [6, 6.07) is 8.61. The summed E-state index contributed by atoms with van der Waals surface area (Å²) < 4.78 is 13.8. The summed E-state index contributed by atoms with van der Waals surface area (Å²) in [4.78, 5) is 3.13. The Morgan fingerprint density at radius 2 is 2.11 bits per heavy atom. The van der Waals surface area contributed by atoms with Gasteiger partial charge in [-0.3, -0.25) is 0 Å². The van der Waals surface area contributed by atoms with Crippen LogP contribution in [0.15, 0.2) is 30.5 Å². The fourth-order valence-electron chi connectivity index (χ4n) is 2.17. The van der Waals surface area contributed by atoms with E-state index in [1.807, 2.05) is 6.08 Å². The Hall–Kier alpha value is -2.54. The molecular formula is C14H10FN3. The van der Waals surface area contributed by atoms with Crippen molar-refractivity contribution in [1.82, 2.24) is 10.3 Å². The number of hydrogen-bond donors (Lipinski definition) is 2. The number of benzene rings is 1. The van der Waals surface area contributed by atoms with Gasteiger partial charge >= 0.3 is 0 Å². The molecule has 1 aliphatic rings. The second-order valence-corrected chi connectivity index (χ2v) is 4.07. The molecular weight excluding hydrogens is 229 g/mol. The van der Waals surface area contributed by atoms with E-state index in [-0.39, 0.29) is 5.82 Å². The number of halogens is 1. The molecule has 0 aliphatic carbocycles. The normalized spacial score (nSPS) is 12.7. The Balaban J connectivity index is 2.26. The largest absolute Gasteiger partial charge is 0.385 e. The van der Waals surface area contributed by atoms with Gasteiger partial charge in [0.25, 0.3) is 0 Å². The number of aromatic amines is 1. The zero-order chi connectivity index (χ0) is 12.5. The summed E-state index contributed by atoms with van der Waals surface area (Å²) in [5.41, 5.74) is 3.22. The van der Waals surface area contributed by atoms with Gasteiger partial charge in [0, 0.05) is 16.8 Å². The molecule has 1 aromatic carbocycles. The number of H-pyrrole nitrogens is 1. The van der Waals surface area contributed by atoms with Crippen LogP contribution in [-0.2, 0) is 6.54 Å². The summed E-state index contributed by atoms with van der Waals surface area (Å²) in [5, 5.41) is 12.3. The van der Waals surface area contributed by atoms with Crippen LogP contribution in [0.4, 0.5) is 4.39 Å². The minimum atomic E-state index is -0.329. The average Bonchev–Trinajstić information content (AvgIpc) is 2.77. The molecule has 0 bridgehead atoms. The van der Waals surface area contributed by atoms with Gasteiger partial charge in [-0.05, 0) is 24.4 Å². The summed E-state index contributed by atoms with van der Waals surface area (Å²) >= 11 is 0. The van der Waals surface area contributed by atoms with Crippen LogP contribution >= 0.6 is 0 Å². The highest BCUT2D eigenvalue weighted by Gasteiger charge is 2.19. The van der Waals surface area contributed by atoms with E-state index in [1.54, 1.807) is 24.4 Å². The fourth-order valence-corrected chi connectivity index (χ4v) is 2.17. The van der Waals surface area contributed by atoms with Gasteiger partial charge in [-0.15, -0.1) is 0 Å². The minimum absolute atomic E-state index is 0.329. The lowest BCUT2D eigenvalue weighted by molar-refractivity contribution is 0.630. The van der Waals surface area contributed by atoms with Gasteiger partial charge < -0.3 is 10.3 Å². The molecule has 0 atom stereocenters. The van der Waals surface area contributed by atoms with Gasteiger partial charge in [0.2, 0.25) is 0 Å². The summed E-state index contributed by atoms with van der Waals surface area (Å²) in [5.74, 6) is -0.329. The number of nitriles is 1. The Kier molecular flexibility index (Phi) is 2.38. The van der Waals surface area contributed by atoms with Crippen LogP contribution in [0.1, 0.15) is 16.8 Å². The first-order chi connectivity index (χ1) is 8.81. The van der Waals surface area contributed by atoms with Gasteiger partial charge in [0.1, 0.15) is 11.9 Å². The molecule has 4 heteroatoms. The molecule has 88 valence electrons. The first-order valence-corrected chi connectivity index (χ1v) is 5.61. The molecule has 3 rings (SSSR count). The average molecular weight is 239 g/mol. The first kappa shape index (κ1) is 10.6. The Morgan fingerprint density at radius 1 is 1.28 bits per heavy atom. The highest BCUT2D eigenvalue weighted by Crippen LogP contribution is 2.31. The predicted molar refractivity (Wildman–Crippen MR) is 66.8 cm³/mol. The minimum Gasteiger partial charge on any atom is -0.385 e. The zero-order valence-corrected chi connectivity index (χ0v) is 9.50. The smallest absolute Gasteiger partial charge is 0.132 e. The topological polar surface area (TPSA) is 51.6 Å². The molecule has 0 fully saturated rings. The standard InChI is InChI=1S/C14H10FN3/c15-12-4-2-1-3-10(12)14-11(7-16)9-5-6-17-8-13(9)18-14/h1-6,17-18H,8H2. The van der Waals surface area contributed by atoms with Crippen molar-refractivity contribution in [2.24, 2.45) is 0 Å². The third-order valence-electron chi connectivity index (χ3n) is 3.02. The van der Waals surface area contributed by atoms with E-state index in [0.717, 1.165) is 11.3 Å². The molecule has 2 N–H and O–H groups in total. The van der Waals surface area contributed by atoms with Crippen LogP contribution in [0.25, 0.3) is 17.3 Å². The van der Waals surface area contributed by atoms with Crippen molar-refractivity contribution in [2.75, 3.05) is 0 Å². The molecule has 18 heavy (non-hydrogen) atoms. The van der Waals surface area contributed by atoms with Crippen molar-refractivity contribution in [3.63, 3.8) is 0 Å². The molecule has 0 unspecified atom stereocenters. The van der Waals surface area contributed by atoms with Crippen molar-refractivity contribution in [3.05, 3.63) is 53.1 Å². The highest BCUT2D eigenvalue weighted by molar-refractivity contribution is 5.76. The second-order valence-electron chi connectivity index (χ2n) is 4.07. The molecule has 1 aliphatic heterocycles. The fraction of sp³-hybridized carbons (Fsp3) is 0.0714. The molecule has 0 spiro atoms. The lowest BCUT2D eigenvalue weighted by Crippen LogP contribution is -2.09. The molecule has 2 heterocycles. The Morgan fingerprint density at radius 3 is 2.89 bits per heavy atom. The van der Waals surface area contributed by atoms with Crippen molar-refractivity contribution >= 4 is 6.08 Å². The lowest BCUT2D eigenvalue weighted by Gasteiger charge is -2.05. The van der Waals surface area contributed by atoms with Gasteiger partial charge in [-0.1, -0.05) is 12.1 Å². The van der Waals surface area contributed by atoms with E-state index in [0.29, 0.717) is 23.4 Å². The highest BCUT2D eigenvalue weighted by atomic mass is 19.1. The third-order valence-corrected chi connectivity index (χ3v) is 3.02. The van der Waals surface area contributed by atoms with Crippen LogP contribution in [0.5, 0.6) is 0 Å². The summed E-state index contributed by atoms with van der Waals surface area (Å²) in [6.07, 6.45) is 3.63. The number of aromatic nitrogens is 1. The van der Waals surface area contributed by atoms with E-state index < -0.39 is 0 Å². The van der Waals surface area contributed by atoms with Crippen molar-refractivity contribution < 1.29 is 4.39 Å². The third kappa shape index (κ3) is 1.49. The SMILES string of the molecule is N#Cc1c(-c2ccccc2F)[nH]c2c1C=CNC2. The van der Waals surface area contributed by atoms with Crippen LogP contribution in [0.2, 0.25) is 0 Å². The molecule has 2 aromatic rings. The number of fused-ring (bicyclic) bond motifs is 1. The summed E-state index contributed by atoms with van der Waals surface area (Å²) in [7, 11) is 0. The lowest BCUT2D eigenvalue weighted by atomic mass is 10.0. The van der Waals surface area contributed by atoms with Gasteiger partial charge in [-0.25, -0.2) is 4.39 Å². The van der Waals surface area contributed by atoms with E-state index in [9.17, 15) is 9.65 Å². The van der Waals surface area contributed by atoms with Crippen molar-refractivity contribution in [2.45, 2.75) is 6.54 Å². The van der Waals surface area contributed by atoms with Crippen molar-refractivity contribution in [1.29, 1.82) is 5.26 Å². The van der Waals surface area contributed by atoms with E-state index in [4.69, 9.17) is 0 Å². The maximum atomic E-state index is 13.8. The molecule has 3 nitrogen and oxygen atoms in total. The van der Waals surface area contributed by atoms with E-state index >= 15 is 0 Å². The number of hydrogen-bond acceptors (Lipinski definition) is 2. The molecule has 0 saturated carbocycles. The zero-order valence-electron chi connectivity index (χ0n) is 9.50. The van der Waals surface area contributed by atoms with Crippen LogP contribution in [0.3, 0.4) is 0 Å². The number of nitrogens with zero attached hydrogens (tertiary/aromatic N) is 1. The Bertz CT molecular complexity index is 677. The maximum absolute atomic E-state index is 13.8. The first-order valence-electron chi connectivity index (χ1n) is 5.61. The van der Waals surface area contributed by atoms with E-state index in [1.165, 1.54) is 6.07 Å². The maximum Gasteiger partial charge on any atom is 0.132 e. The van der Waals surface area contributed by atoms with E-state index in [2.05, 4.69) is 16.4 Å². The van der Waals surface area contributed by atoms with Crippen molar-refractivity contribution in [3.8, 4) is 17.3 Å². The second kappa shape index (κ2) is 4.04. The molecule has 0 radical (unpaired) electrons. The number of rotatable bonds is 1. The number of nitrogens with one attached hydrogen (secondary N) is 2. The van der Waals surface area contributed by atoms with Crippen LogP contribution in [-0.4, -0.2) is 4.98 Å². The predicted octanol–water partition coefficient (Wildman–Crippen LogP) is 2.77. The van der Waals surface area contributed by atoms with Gasteiger partial charge in [-0.2, -0.15) is 5.26 Å². The monoisotopic (exact) mass is 239 g/mol. The van der Waals surface area contributed by atoms with Gasteiger partial charge in [0.05, 0.1) is 17.8 Å². The van der Waals surface area contributed by atoms with Gasteiger partial charge in [0.15, 0.2) is 0 Å². The van der Waals surface area contributed by atoms with Crippen LogP contribution in [0, 0.1) is 17.1 Å². The summed E-state index contributed by atoms with van der Waals surface area (Å²) in [6.45, 7) is 0.620. The molecule has 0 amide bonds. The van der Waals surface area contributed by atoms with Crippen LogP contribution < -0.4 is 5.32 Å². The molecule has 0 saturated heterocycles.